The van der Waals surface area contributed by atoms with E-state index >= 15 is 0 Å². The Labute approximate surface area is 106 Å². The highest BCUT2D eigenvalue weighted by Gasteiger charge is 2.06. The van der Waals surface area contributed by atoms with Crippen molar-refractivity contribution in [3.63, 3.8) is 0 Å². The number of carbonyl (C=O) groups is 3. The van der Waals surface area contributed by atoms with Crippen molar-refractivity contribution in [2.75, 3.05) is 19.6 Å². The zero-order chi connectivity index (χ0) is 14.0. The summed E-state index contributed by atoms with van der Waals surface area (Å²) in [6.07, 6.45) is 1.03. The molecule has 18 heavy (non-hydrogen) atoms. The van der Waals surface area contributed by atoms with Crippen LogP contribution in [0.2, 0.25) is 0 Å². The van der Waals surface area contributed by atoms with Gasteiger partial charge in [-0.05, 0) is 13.0 Å². The van der Waals surface area contributed by atoms with Gasteiger partial charge in [-0.1, -0.05) is 13.8 Å². The Morgan fingerprint density at radius 3 is 2.22 bits per heavy atom. The maximum Gasteiger partial charge on any atom is 0.322 e. The third-order valence-corrected chi connectivity index (χ3v) is 2.02. The van der Waals surface area contributed by atoms with E-state index in [2.05, 4.69) is 16.0 Å². The van der Waals surface area contributed by atoms with Crippen LogP contribution in [0.5, 0.6) is 0 Å². The van der Waals surface area contributed by atoms with Crippen molar-refractivity contribution in [2.24, 2.45) is 0 Å². The van der Waals surface area contributed by atoms with Gasteiger partial charge in [-0.2, -0.15) is 0 Å². The molecular weight excluding hydrogens is 238 g/mol. The number of carboxylic acids is 1. The first kappa shape index (κ1) is 16.4. The molecule has 0 fully saturated rings. The highest BCUT2D eigenvalue weighted by molar-refractivity contribution is 5.86. The monoisotopic (exact) mass is 259 g/mol. The second kappa shape index (κ2) is 9.41. The standard InChI is InChI=1S/C11H21N3O4/c1-8(2)12-5-3-4-9(15)13-6-10(16)14-7-11(17)18/h8,12H,3-7H2,1-2H3,(H,13,15)(H,14,16)(H,17,18). The smallest absolute Gasteiger partial charge is 0.322 e. The number of aliphatic carboxylic acids is 1. The lowest BCUT2D eigenvalue weighted by atomic mass is 10.2. The van der Waals surface area contributed by atoms with Crippen LogP contribution in [0.15, 0.2) is 0 Å². The first-order chi connectivity index (χ1) is 8.41. The van der Waals surface area contributed by atoms with Crippen LogP contribution in [0, 0.1) is 0 Å². The zero-order valence-corrected chi connectivity index (χ0v) is 10.8. The molecule has 7 nitrogen and oxygen atoms in total. The van der Waals surface area contributed by atoms with Crippen LogP contribution in [-0.2, 0) is 14.4 Å². The van der Waals surface area contributed by atoms with Crippen molar-refractivity contribution in [1.29, 1.82) is 0 Å². The average Bonchev–Trinajstić information content (AvgIpc) is 2.29. The van der Waals surface area contributed by atoms with Gasteiger partial charge in [0, 0.05) is 12.5 Å². The minimum Gasteiger partial charge on any atom is -0.480 e. The normalized spacial score (nSPS) is 10.2. The number of hydrogen-bond acceptors (Lipinski definition) is 4. The fourth-order valence-corrected chi connectivity index (χ4v) is 1.14. The summed E-state index contributed by atoms with van der Waals surface area (Å²) in [5, 5.41) is 16.1. The van der Waals surface area contributed by atoms with Gasteiger partial charge in [0.25, 0.3) is 0 Å². The zero-order valence-electron chi connectivity index (χ0n) is 10.8. The Morgan fingerprint density at radius 1 is 1.06 bits per heavy atom. The Morgan fingerprint density at radius 2 is 1.67 bits per heavy atom. The van der Waals surface area contributed by atoms with Crippen LogP contribution in [0.25, 0.3) is 0 Å². The predicted molar refractivity (Wildman–Crippen MR) is 66.0 cm³/mol. The number of carbonyl (C=O) groups excluding carboxylic acids is 2. The first-order valence-electron chi connectivity index (χ1n) is 5.90. The Kier molecular flexibility index (Phi) is 8.55. The summed E-state index contributed by atoms with van der Waals surface area (Å²) >= 11 is 0. The molecule has 0 heterocycles. The van der Waals surface area contributed by atoms with Gasteiger partial charge in [-0.25, -0.2) is 0 Å². The summed E-state index contributed by atoms with van der Waals surface area (Å²) < 4.78 is 0. The maximum absolute atomic E-state index is 11.3. The highest BCUT2D eigenvalue weighted by Crippen LogP contribution is 1.88. The minimum absolute atomic E-state index is 0.191. The lowest BCUT2D eigenvalue weighted by molar-refractivity contribution is -0.137. The van der Waals surface area contributed by atoms with Crippen molar-refractivity contribution in [2.45, 2.75) is 32.7 Å². The summed E-state index contributed by atoms with van der Waals surface area (Å²) in [6.45, 7) is 4.16. The second-order valence-corrected chi connectivity index (χ2v) is 4.16. The molecule has 0 aromatic carbocycles. The third kappa shape index (κ3) is 10.9. The number of nitrogens with one attached hydrogen (secondary N) is 3. The van der Waals surface area contributed by atoms with E-state index < -0.39 is 18.4 Å². The Hall–Kier alpha value is -1.63. The predicted octanol–water partition coefficient (Wildman–Crippen LogP) is -0.918. The molecule has 0 saturated carbocycles. The van der Waals surface area contributed by atoms with Gasteiger partial charge >= 0.3 is 5.97 Å². The Bertz CT molecular complexity index is 292. The molecule has 0 aliphatic carbocycles. The molecule has 0 unspecified atom stereocenters. The minimum atomic E-state index is -1.12. The summed E-state index contributed by atoms with van der Waals surface area (Å²) in [5.41, 5.74) is 0. The van der Waals surface area contributed by atoms with Crippen LogP contribution >= 0.6 is 0 Å². The summed E-state index contributed by atoms with van der Waals surface area (Å²) in [5.74, 6) is -1.84. The molecule has 0 bridgehead atoms. The van der Waals surface area contributed by atoms with Gasteiger partial charge in [-0.3, -0.25) is 14.4 Å². The molecule has 0 rings (SSSR count). The van der Waals surface area contributed by atoms with Crippen molar-refractivity contribution in [1.82, 2.24) is 16.0 Å². The molecule has 0 saturated heterocycles. The van der Waals surface area contributed by atoms with Crippen LogP contribution in [0.1, 0.15) is 26.7 Å². The van der Waals surface area contributed by atoms with E-state index in [9.17, 15) is 14.4 Å². The molecule has 2 amide bonds. The van der Waals surface area contributed by atoms with Crippen LogP contribution < -0.4 is 16.0 Å². The van der Waals surface area contributed by atoms with Gasteiger partial charge in [0.15, 0.2) is 0 Å². The molecule has 0 aliphatic rings. The van der Waals surface area contributed by atoms with Crippen molar-refractivity contribution >= 4 is 17.8 Å². The van der Waals surface area contributed by atoms with E-state index in [-0.39, 0.29) is 12.5 Å². The van der Waals surface area contributed by atoms with Gasteiger partial charge < -0.3 is 21.1 Å². The van der Waals surface area contributed by atoms with E-state index in [0.717, 1.165) is 6.54 Å². The number of amides is 2. The topological polar surface area (TPSA) is 108 Å². The number of rotatable bonds is 9. The van der Waals surface area contributed by atoms with Crippen LogP contribution in [0.4, 0.5) is 0 Å². The summed E-state index contributed by atoms with van der Waals surface area (Å²) in [6, 6.07) is 0.384. The van der Waals surface area contributed by atoms with Crippen molar-refractivity contribution in [3.8, 4) is 0 Å². The lowest BCUT2D eigenvalue weighted by Crippen LogP contribution is -2.39. The number of carboxylic acid groups (broad SMARTS) is 1. The molecule has 0 spiro atoms. The van der Waals surface area contributed by atoms with E-state index in [1.54, 1.807) is 0 Å². The molecule has 7 heteroatoms. The quantitative estimate of drug-likeness (QED) is 0.401. The van der Waals surface area contributed by atoms with E-state index in [1.165, 1.54) is 0 Å². The van der Waals surface area contributed by atoms with Gasteiger partial charge in [0.1, 0.15) is 6.54 Å². The van der Waals surface area contributed by atoms with E-state index in [1.807, 2.05) is 13.8 Å². The molecule has 0 aliphatic heterocycles. The van der Waals surface area contributed by atoms with Gasteiger partial charge in [0.2, 0.25) is 11.8 Å². The average molecular weight is 259 g/mol. The summed E-state index contributed by atoms with van der Waals surface area (Å²) in [4.78, 5) is 32.5. The molecule has 4 N–H and O–H groups in total. The lowest BCUT2D eigenvalue weighted by Gasteiger charge is -2.08. The molecule has 0 atom stereocenters. The molecular formula is C11H21N3O4. The fourth-order valence-electron chi connectivity index (χ4n) is 1.14. The SMILES string of the molecule is CC(C)NCCCC(=O)NCC(=O)NCC(=O)O. The Balaban J connectivity index is 3.52. The van der Waals surface area contributed by atoms with Crippen LogP contribution in [0.3, 0.4) is 0 Å². The molecule has 0 aromatic heterocycles. The summed E-state index contributed by atoms with van der Waals surface area (Å²) in [7, 11) is 0. The maximum atomic E-state index is 11.3. The van der Waals surface area contributed by atoms with Gasteiger partial charge in [0.05, 0.1) is 6.54 Å². The van der Waals surface area contributed by atoms with E-state index in [4.69, 9.17) is 5.11 Å². The second-order valence-electron chi connectivity index (χ2n) is 4.16. The molecule has 104 valence electrons. The third-order valence-electron chi connectivity index (χ3n) is 2.02. The largest absolute Gasteiger partial charge is 0.480 e. The molecule has 0 radical (unpaired) electrons. The van der Waals surface area contributed by atoms with E-state index in [0.29, 0.717) is 18.9 Å². The van der Waals surface area contributed by atoms with Crippen molar-refractivity contribution < 1.29 is 19.5 Å². The van der Waals surface area contributed by atoms with Crippen molar-refractivity contribution in [3.05, 3.63) is 0 Å². The fraction of sp³-hybridized carbons (Fsp3) is 0.727. The molecule has 0 aromatic rings. The highest BCUT2D eigenvalue weighted by atomic mass is 16.4. The number of hydrogen-bond donors (Lipinski definition) is 4. The van der Waals surface area contributed by atoms with Gasteiger partial charge in [-0.15, -0.1) is 0 Å². The van der Waals surface area contributed by atoms with Crippen LogP contribution in [-0.4, -0.2) is 48.6 Å². The first-order valence-corrected chi connectivity index (χ1v) is 5.90.